The van der Waals surface area contributed by atoms with E-state index in [1.165, 1.54) is 11.3 Å². The summed E-state index contributed by atoms with van der Waals surface area (Å²) in [6.45, 7) is 2.46. The number of thiazole rings is 1. The average molecular weight is 417 g/mol. The molecule has 3 heterocycles. The van der Waals surface area contributed by atoms with Gasteiger partial charge >= 0.3 is 0 Å². The van der Waals surface area contributed by atoms with E-state index in [4.69, 9.17) is 0 Å². The van der Waals surface area contributed by atoms with E-state index in [0.717, 1.165) is 20.3 Å². The number of anilines is 1. The van der Waals surface area contributed by atoms with Gasteiger partial charge in [0.25, 0.3) is 5.91 Å². The fraction of sp³-hybridized carbons (Fsp3) is 0.125. The highest BCUT2D eigenvalue weighted by Gasteiger charge is 2.13. The first-order chi connectivity index (χ1) is 12.1. The van der Waals surface area contributed by atoms with E-state index < -0.39 is 0 Å². The molecular formula is C16H13BrN6OS. The molecule has 0 atom stereocenters. The SMILES string of the molecule is Cc1ccc2nc(NC(=O)c3ccn(Cn4cc(Br)cn4)n3)sc2c1. The molecule has 4 rings (SSSR count). The fourth-order valence-corrected chi connectivity index (χ4v) is 3.66. The van der Waals surface area contributed by atoms with Crippen LogP contribution < -0.4 is 5.32 Å². The van der Waals surface area contributed by atoms with Gasteiger partial charge in [-0.2, -0.15) is 10.2 Å². The minimum absolute atomic E-state index is 0.281. The lowest BCUT2D eigenvalue weighted by molar-refractivity contribution is 0.102. The average Bonchev–Trinajstić information content (AvgIpc) is 3.27. The Morgan fingerprint density at radius 2 is 2.20 bits per heavy atom. The quantitative estimate of drug-likeness (QED) is 0.551. The molecule has 0 aliphatic rings. The van der Waals surface area contributed by atoms with Crippen molar-refractivity contribution in [2.75, 3.05) is 5.32 Å². The third-order valence-electron chi connectivity index (χ3n) is 3.53. The molecule has 1 N–H and O–H groups in total. The van der Waals surface area contributed by atoms with Crippen molar-refractivity contribution in [1.29, 1.82) is 0 Å². The molecular weight excluding hydrogens is 404 g/mol. The zero-order valence-electron chi connectivity index (χ0n) is 13.2. The minimum atomic E-state index is -0.281. The molecule has 1 aromatic carbocycles. The Morgan fingerprint density at radius 1 is 1.32 bits per heavy atom. The number of halogens is 1. The predicted octanol–water partition coefficient (Wildman–Crippen LogP) is 3.52. The van der Waals surface area contributed by atoms with Gasteiger partial charge in [0, 0.05) is 12.4 Å². The maximum Gasteiger partial charge on any atom is 0.277 e. The summed E-state index contributed by atoms with van der Waals surface area (Å²) in [4.78, 5) is 16.8. The van der Waals surface area contributed by atoms with Crippen LogP contribution in [0.4, 0.5) is 5.13 Å². The second kappa shape index (κ2) is 6.41. The van der Waals surface area contributed by atoms with Crippen molar-refractivity contribution in [3.05, 3.63) is 58.6 Å². The van der Waals surface area contributed by atoms with Crippen LogP contribution in [0.1, 0.15) is 16.1 Å². The van der Waals surface area contributed by atoms with E-state index in [9.17, 15) is 4.79 Å². The Kier molecular flexibility index (Phi) is 4.10. The smallest absolute Gasteiger partial charge is 0.277 e. The lowest BCUT2D eigenvalue weighted by atomic mass is 10.2. The van der Waals surface area contributed by atoms with E-state index in [1.807, 2.05) is 25.3 Å². The number of amides is 1. The number of hydrogen-bond acceptors (Lipinski definition) is 5. The predicted molar refractivity (Wildman–Crippen MR) is 99.9 cm³/mol. The van der Waals surface area contributed by atoms with Crippen molar-refractivity contribution in [3.8, 4) is 0 Å². The topological polar surface area (TPSA) is 77.6 Å². The summed E-state index contributed by atoms with van der Waals surface area (Å²) in [5.74, 6) is -0.281. The Hall–Kier alpha value is -2.52. The molecule has 25 heavy (non-hydrogen) atoms. The summed E-state index contributed by atoms with van der Waals surface area (Å²) in [7, 11) is 0. The molecule has 0 unspecified atom stereocenters. The number of aromatic nitrogens is 5. The molecule has 0 aliphatic carbocycles. The van der Waals surface area contributed by atoms with Gasteiger partial charge in [-0.05, 0) is 46.6 Å². The van der Waals surface area contributed by atoms with Crippen LogP contribution in [0, 0.1) is 6.92 Å². The fourth-order valence-electron chi connectivity index (χ4n) is 2.37. The number of benzene rings is 1. The summed E-state index contributed by atoms with van der Waals surface area (Å²) in [6, 6.07) is 7.68. The van der Waals surface area contributed by atoms with Crippen LogP contribution in [0.25, 0.3) is 10.2 Å². The zero-order valence-corrected chi connectivity index (χ0v) is 15.6. The Bertz CT molecular complexity index is 1070. The van der Waals surface area contributed by atoms with Crippen molar-refractivity contribution in [2.24, 2.45) is 0 Å². The van der Waals surface area contributed by atoms with Crippen LogP contribution in [0.15, 0.2) is 47.3 Å². The van der Waals surface area contributed by atoms with Gasteiger partial charge in [0.1, 0.15) is 6.67 Å². The monoisotopic (exact) mass is 416 g/mol. The number of hydrogen-bond donors (Lipinski definition) is 1. The van der Waals surface area contributed by atoms with Crippen LogP contribution >= 0.6 is 27.3 Å². The zero-order chi connectivity index (χ0) is 17.4. The first-order valence-electron chi connectivity index (χ1n) is 7.47. The van der Waals surface area contributed by atoms with Crippen molar-refractivity contribution in [2.45, 2.75) is 13.6 Å². The van der Waals surface area contributed by atoms with Gasteiger partial charge in [0.2, 0.25) is 0 Å². The number of carbonyl (C=O) groups excluding carboxylic acids is 1. The van der Waals surface area contributed by atoms with E-state index in [1.54, 1.807) is 27.8 Å². The highest BCUT2D eigenvalue weighted by Crippen LogP contribution is 2.26. The molecule has 0 spiro atoms. The van der Waals surface area contributed by atoms with Gasteiger partial charge in [-0.15, -0.1) is 0 Å². The Balaban J connectivity index is 1.48. The highest BCUT2D eigenvalue weighted by atomic mass is 79.9. The second-order valence-corrected chi connectivity index (χ2v) is 7.47. The van der Waals surface area contributed by atoms with Gasteiger partial charge in [0.05, 0.1) is 20.9 Å². The van der Waals surface area contributed by atoms with Crippen LogP contribution in [0.3, 0.4) is 0 Å². The van der Waals surface area contributed by atoms with Gasteiger partial charge < -0.3 is 0 Å². The Morgan fingerprint density at radius 3 is 3.00 bits per heavy atom. The summed E-state index contributed by atoms with van der Waals surface area (Å²) in [6.07, 6.45) is 5.28. The van der Waals surface area contributed by atoms with E-state index in [2.05, 4.69) is 42.5 Å². The maximum atomic E-state index is 12.4. The summed E-state index contributed by atoms with van der Waals surface area (Å²) >= 11 is 4.80. The van der Waals surface area contributed by atoms with Gasteiger partial charge in [-0.25, -0.2) is 9.67 Å². The molecule has 0 saturated carbocycles. The number of rotatable bonds is 4. The van der Waals surface area contributed by atoms with E-state index in [0.29, 0.717) is 17.5 Å². The van der Waals surface area contributed by atoms with Gasteiger partial charge in [-0.1, -0.05) is 17.4 Å². The molecule has 0 fully saturated rings. The van der Waals surface area contributed by atoms with E-state index in [-0.39, 0.29) is 5.91 Å². The number of aryl methyl sites for hydroxylation is 1. The maximum absolute atomic E-state index is 12.4. The first-order valence-corrected chi connectivity index (χ1v) is 9.08. The summed E-state index contributed by atoms with van der Waals surface area (Å²) in [5.41, 5.74) is 2.38. The molecule has 126 valence electrons. The molecule has 9 heteroatoms. The van der Waals surface area contributed by atoms with Crippen molar-refractivity contribution in [3.63, 3.8) is 0 Å². The molecule has 0 radical (unpaired) electrons. The van der Waals surface area contributed by atoms with Gasteiger partial charge in [-0.3, -0.25) is 14.8 Å². The highest BCUT2D eigenvalue weighted by molar-refractivity contribution is 9.10. The molecule has 4 aromatic rings. The summed E-state index contributed by atoms with van der Waals surface area (Å²) < 4.78 is 5.30. The molecule has 1 amide bonds. The van der Waals surface area contributed by atoms with Crippen LogP contribution in [-0.2, 0) is 6.67 Å². The van der Waals surface area contributed by atoms with Crippen LogP contribution in [0.2, 0.25) is 0 Å². The van der Waals surface area contributed by atoms with Crippen LogP contribution in [-0.4, -0.2) is 30.5 Å². The molecule has 7 nitrogen and oxygen atoms in total. The number of carbonyl (C=O) groups is 1. The lowest BCUT2D eigenvalue weighted by Gasteiger charge is -2.01. The molecule has 0 saturated heterocycles. The second-order valence-electron chi connectivity index (χ2n) is 5.52. The molecule has 0 bridgehead atoms. The Labute approximate surface area is 155 Å². The minimum Gasteiger partial charge on any atom is -0.296 e. The largest absolute Gasteiger partial charge is 0.296 e. The standard InChI is InChI=1S/C16H13BrN6OS/c1-10-2-3-12-14(6-10)25-16(19-12)20-15(24)13-4-5-22(21-13)9-23-8-11(17)7-18-23/h2-8H,9H2,1H3,(H,19,20,24). The van der Waals surface area contributed by atoms with Crippen molar-refractivity contribution in [1.82, 2.24) is 24.5 Å². The molecule has 3 aromatic heterocycles. The van der Waals surface area contributed by atoms with Crippen molar-refractivity contribution >= 4 is 48.5 Å². The molecule has 0 aliphatic heterocycles. The van der Waals surface area contributed by atoms with Crippen LogP contribution in [0.5, 0.6) is 0 Å². The lowest BCUT2D eigenvalue weighted by Crippen LogP contribution is -2.14. The normalized spacial score (nSPS) is 11.1. The van der Waals surface area contributed by atoms with Gasteiger partial charge in [0.15, 0.2) is 10.8 Å². The number of nitrogens with zero attached hydrogens (tertiary/aromatic N) is 5. The van der Waals surface area contributed by atoms with Crippen molar-refractivity contribution < 1.29 is 4.79 Å². The first kappa shape index (κ1) is 16.0. The third-order valence-corrected chi connectivity index (χ3v) is 4.87. The summed E-state index contributed by atoms with van der Waals surface area (Å²) in [5, 5.41) is 11.8. The third kappa shape index (κ3) is 3.47. The number of nitrogens with one attached hydrogen (secondary N) is 1. The van der Waals surface area contributed by atoms with E-state index >= 15 is 0 Å². The number of fused-ring (bicyclic) bond motifs is 1.